The molecule has 0 spiro atoms. The molecule has 0 saturated carbocycles. The van der Waals surface area contributed by atoms with E-state index in [-0.39, 0.29) is 24.8 Å². The molecule has 0 radical (unpaired) electrons. The molecule has 0 aliphatic heterocycles. The Balaban J connectivity index is 0.000000902. The van der Waals surface area contributed by atoms with Gasteiger partial charge in [0.15, 0.2) is 0 Å². The van der Waals surface area contributed by atoms with Crippen molar-refractivity contribution in [3.63, 3.8) is 0 Å². The summed E-state index contributed by atoms with van der Waals surface area (Å²) in [5.41, 5.74) is 13.5. The van der Waals surface area contributed by atoms with Crippen LogP contribution in [0.4, 0.5) is 11.4 Å². The molecule has 3 rings (SSSR count). The maximum atomic E-state index is 6.09. The highest BCUT2D eigenvalue weighted by Crippen LogP contribution is 2.37. The Labute approximate surface area is 132 Å². The average molecular weight is 360 g/mol. The van der Waals surface area contributed by atoms with E-state index in [9.17, 15) is 0 Å². The van der Waals surface area contributed by atoms with Crippen molar-refractivity contribution in [3.8, 4) is 0 Å². The molecule has 0 bridgehead atoms. The predicted molar refractivity (Wildman–Crippen MR) is 92.5 cm³/mol. The van der Waals surface area contributed by atoms with Gasteiger partial charge in [-0.15, -0.1) is 24.8 Å². The molecule has 0 heterocycles. The minimum atomic E-state index is 0. The summed E-state index contributed by atoms with van der Waals surface area (Å²) >= 11 is 3.49. The van der Waals surface area contributed by atoms with Gasteiger partial charge in [-0.25, -0.2) is 0 Å². The molecule has 0 atom stereocenters. The van der Waals surface area contributed by atoms with Gasteiger partial charge in [0, 0.05) is 15.2 Å². The summed E-state index contributed by atoms with van der Waals surface area (Å²) < 4.78 is 1.04. The quantitative estimate of drug-likeness (QED) is 0.345. The molecule has 100 valence electrons. The van der Waals surface area contributed by atoms with Crippen LogP contribution in [0, 0.1) is 0 Å². The van der Waals surface area contributed by atoms with E-state index in [1.807, 2.05) is 30.3 Å². The minimum Gasteiger partial charge on any atom is -0.397 e. The van der Waals surface area contributed by atoms with Crippen LogP contribution in [-0.4, -0.2) is 0 Å². The van der Waals surface area contributed by atoms with Gasteiger partial charge in [0.25, 0.3) is 0 Å². The van der Waals surface area contributed by atoms with Crippen LogP contribution < -0.4 is 11.5 Å². The lowest BCUT2D eigenvalue weighted by Gasteiger charge is -2.11. The molecule has 0 aliphatic rings. The van der Waals surface area contributed by atoms with Crippen LogP contribution in [0.3, 0.4) is 0 Å². The number of hydrogen-bond acceptors (Lipinski definition) is 2. The number of fused-ring (bicyclic) bond motifs is 3. The van der Waals surface area contributed by atoms with E-state index >= 15 is 0 Å². The Hall–Kier alpha value is -1.16. The van der Waals surface area contributed by atoms with Crippen LogP contribution in [0.15, 0.2) is 46.9 Å². The number of benzene rings is 3. The molecule has 0 aromatic heterocycles. The van der Waals surface area contributed by atoms with Crippen molar-refractivity contribution in [2.45, 2.75) is 0 Å². The maximum Gasteiger partial charge on any atom is 0.0634 e. The standard InChI is InChI=1S/C14H11BrN2.2ClH/c15-8-5-6-11-12(7-8)9-3-1-2-4-10(9)13(16)14(11)17;;/h1-7H,16-17H2;2*1H. The Bertz CT molecular complexity index is 744. The van der Waals surface area contributed by atoms with Gasteiger partial charge >= 0.3 is 0 Å². The summed E-state index contributed by atoms with van der Waals surface area (Å²) in [6.07, 6.45) is 0. The van der Waals surface area contributed by atoms with Gasteiger partial charge in [-0.05, 0) is 22.9 Å². The number of nitrogens with two attached hydrogens (primary N) is 2. The number of nitrogen functional groups attached to an aromatic ring is 2. The van der Waals surface area contributed by atoms with Crippen molar-refractivity contribution in [1.82, 2.24) is 0 Å². The second-order valence-corrected chi connectivity index (χ2v) is 4.98. The lowest BCUT2D eigenvalue weighted by atomic mass is 9.99. The fourth-order valence-corrected chi connectivity index (χ4v) is 2.58. The summed E-state index contributed by atoms with van der Waals surface area (Å²) in [6, 6.07) is 14.1. The molecule has 2 nitrogen and oxygen atoms in total. The number of hydrogen-bond donors (Lipinski definition) is 2. The van der Waals surface area contributed by atoms with E-state index < -0.39 is 0 Å². The van der Waals surface area contributed by atoms with Crippen molar-refractivity contribution in [1.29, 1.82) is 0 Å². The zero-order chi connectivity index (χ0) is 12.0. The van der Waals surface area contributed by atoms with Gasteiger partial charge in [0.05, 0.1) is 11.4 Å². The zero-order valence-corrected chi connectivity index (χ0v) is 13.1. The molecule has 3 aromatic carbocycles. The van der Waals surface area contributed by atoms with E-state index in [1.165, 1.54) is 0 Å². The average Bonchev–Trinajstić information content (AvgIpc) is 2.36. The third-order valence-electron chi connectivity index (χ3n) is 3.07. The molecule has 5 heteroatoms. The Morgan fingerprint density at radius 2 is 1.21 bits per heavy atom. The Morgan fingerprint density at radius 3 is 1.84 bits per heavy atom. The first-order valence-corrected chi connectivity index (χ1v) is 6.12. The Morgan fingerprint density at radius 1 is 0.684 bits per heavy atom. The van der Waals surface area contributed by atoms with Gasteiger partial charge in [0.1, 0.15) is 0 Å². The lowest BCUT2D eigenvalue weighted by molar-refractivity contribution is 1.70. The highest BCUT2D eigenvalue weighted by molar-refractivity contribution is 9.10. The van der Waals surface area contributed by atoms with Crippen molar-refractivity contribution in [3.05, 3.63) is 46.9 Å². The van der Waals surface area contributed by atoms with Crippen LogP contribution in [0.25, 0.3) is 21.5 Å². The third kappa shape index (κ3) is 2.46. The van der Waals surface area contributed by atoms with Gasteiger partial charge in [-0.1, -0.05) is 46.3 Å². The highest BCUT2D eigenvalue weighted by Gasteiger charge is 2.09. The molecule has 0 unspecified atom stereocenters. The molecular weight excluding hydrogens is 347 g/mol. The zero-order valence-electron chi connectivity index (χ0n) is 9.89. The molecule has 0 amide bonds. The van der Waals surface area contributed by atoms with E-state index in [0.29, 0.717) is 11.4 Å². The van der Waals surface area contributed by atoms with Crippen molar-refractivity contribution in [2.24, 2.45) is 0 Å². The van der Waals surface area contributed by atoms with Gasteiger partial charge < -0.3 is 11.5 Å². The largest absolute Gasteiger partial charge is 0.397 e. The molecular formula is C14H13BrCl2N2. The van der Waals surface area contributed by atoms with Gasteiger partial charge in [0.2, 0.25) is 0 Å². The summed E-state index contributed by atoms with van der Waals surface area (Å²) in [5, 5.41) is 4.28. The van der Waals surface area contributed by atoms with Crippen molar-refractivity contribution in [2.75, 3.05) is 11.5 Å². The second-order valence-electron chi connectivity index (χ2n) is 4.06. The van der Waals surface area contributed by atoms with E-state index in [1.54, 1.807) is 0 Å². The second kappa shape index (κ2) is 5.87. The molecule has 0 aliphatic carbocycles. The Kier molecular flexibility index (Phi) is 4.91. The first kappa shape index (κ1) is 15.9. The predicted octanol–water partition coefficient (Wildman–Crippen LogP) is 4.76. The molecule has 19 heavy (non-hydrogen) atoms. The number of halogens is 3. The van der Waals surface area contributed by atoms with E-state index in [4.69, 9.17) is 11.5 Å². The topological polar surface area (TPSA) is 52.0 Å². The van der Waals surface area contributed by atoms with Crippen LogP contribution in [-0.2, 0) is 0 Å². The molecule has 4 N–H and O–H groups in total. The highest BCUT2D eigenvalue weighted by atomic mass is 79.9. The first-order valence-electron chi connectivity index (χ1n) is 5.33. The van der Waals surface area contributed by atoms with Crippen LogP contribution in [0.1, 0.15) is 0 Å². The van der Waals surface area contributed by atoms with Gasteiger partial charge in [-0.2, -0.15) is 0 Å². The summed E-state index contributed by atoms with van der Waals surface area (Å²) in [7, 11) is 0. The van der Waals surface area contributed by atoms with Crippen molar-refractivity contribution < 1.29 is 0 Å². The van der Waals surface area contributed by atoms with Crippen LogP contribution in [0.5, 0.6) is 0 Å². The summed E-state index contributed by atoms with van der Waals surface area (Å²) in [5.74, 6) is 0. The SMILES string of the molecule is Cl.Cl.Nc1c(N)c2ccc(Br)cc2c2ccccc12. The normalized spacial score (nSPS) is 9.95. The lowest BCUT2D eigenvalue weighted by Crippen LogP contribution is -1.97. The maximum absolute atomic E-state index is 6.09. The van der Waals surface area contributed by atoms with E-state index in [0.717, 1.165) is 26.0 Å². The molecule has 0 fully saturated rings. The monoisotopic (exact) mass is 358 g/mol. The number of rotatable bonds is 0. The smallest absolute Gasteiger partial charge is 0.0634 e. The fraction of sp³-hybridized carbons (Fsp3) is 0. The van der Waals surface area contributed by atoms with E-state index in [2.05, 4.69) is 28.1 Å². The third-order valence-corrected chi connectivity index (χ3v) is 3.56. The van der Waals surface area contributed by atoms with Gasteiger partial charge in [-0.3, -0.25) is 0 Å². The van der Waals surface area contributed by atoms with Crippen molar-refractivity contribution >= 4 is 73.7 Å². The number of anilines is 2. The van der Waals surface area contributed by atoms with Crippen LogP contribution in [0.2, 0.25) is 0 Å². The summed E-state index contributed by atoms with van der Waals surface area (Å²) in [4.78, 5) is 0. The molecule has 0 saturated heterocycles. The fourth-order valence-electron chi connectivity index (χ4n) is 2.22. The van der Waals surface area contributed by atoms with Crippen LogP contribution >= 0.6 is 40.7 Å². The first-order chi connectivity index (χ1) is 8.18. The minimum absolute atomic E-state index is 0. The molecule has 3 aromatic rings. The summed E-state index contributed by atoms with van der Waals surface area (Å²) in [6.45, 7) is 0.